The quantitative estimate of drug-likeness (QED) is 0.586. The third-order valence-electron chi connectivity index (χ3n) is 1.75. The normalized spacial score (nSPS) is 14.9. The summed E-state index contributed by atoms with van der Waals surface area (Å²) in [4.78, 5) is 0. The highest BCUT2D eigenvalue weighted by atomic mass is 32.2. The molecule has 0 amide bonds. The lowest BCUT2D eigenvalue weighted by atomic mass is 10.1. The van der Waals surface area contributed by atoms with Gasteiger partial charge in [-0.3, -0.25) is 0 Å². The van der Waals surface area contributed by atoms with E-state index in [-0.39, 0.29) is 0 Å². The third kappa shape index (κ3) is 6.31. The average Bonchev–Trinajstić information content (AvgIpc) is 2.04. The van der Waals surface area contributed by atoms with Gasteiger partial charge in [0, 0.05) is 17.6 Å². The molecular weight excluding hydrogens is 152 g/mol. The zero-order valence-electron chi connectivity index (χ0n) is 7.98. The Morgan fingerprint density at radius 1 is 1.36 bits per heavy atom. The van der Waals surface area contributed by atoms with Crippen LogP contribution < -0.4 is 0 Å². The van der Waals surface area contributed by atoms with E-state index in [1.54, 1.807) is 0 Å². The van der Waals surface area contributed by atoms with Gasteiger partial charge < -0.3 is 0 Å². The van der Waals surface area contributed by atoms with Crippen molar-refractivity contribution in [2.75, 3.05) is 6.26 Å². The molecule has 0 heterocycles. The largest absolute Gasteiger partial charge is 0.161 e. The maximum Gasteiger partial charge on any atom is 0.0205 e. The van der Waals surface area contributed by atoms with Crippen LogP contribution in [0.15, 0.2) is 0 Å². The van der Waals surface area contributed by atoms with Crippen molar-refractivity contribution in [3.05, 3.63) is 0 Å². The highest BCUT2D eigenvalue weighted by Gasteiger charge is 1.94. The monoisotopic (exact) mass is 170 g/mol. The van der Waals surface area contributed by atoms with Gasteiger partial charge >= 0.3 is 0 Å². The number of hydrogen-bond acceptors (Lipinski definition) is 1. The van der Waals surface area contributed by atoms with E-state index in [2.05, 4.69) is 38.9 Å². The molecule has 0 nitrogen and oxygen atoms in total. The molecule has 2 atom stereocenters. The Morgan fingerprint density at radius 2 is 2.00 bits per heavy atom. The Kier molecular flexibility index (Phi) is 6.56. The van der Waals surface area contributed by atoms with Gasteiger partial charge in [0.1, 0.15) is 0 Å². The van der Waals surface area contributed by atoms with Gasteiger partial charge in [0.05, 0.1) is 0 Å². The van der Waals surface area contributed by atoms with Crippen LogP contribution in [0, 0.1) is 17.8 Å². The van der Waals surface area contributed by atoms with Gasteiger partial charge in [-0.1, -0.05) is 20.8 Å². The van der Waals surface area contributed by atoms with E-state index in [4.69, 9.17) is 0 Å². The first kappa shape index (κ1) is 10.9. The minimum atomic E-state index is 0.573. The first-order valence-electron chi connectivity index (χ1n) is 4.21. The number of hydrogen-bond donors (Lipinski definition) is 0. The van der Waals surface area contributed by atoms with E-state index in [0.29, 0.717) is 11.2 Å². The van der Waals surface area contributed by atoms with Crippen LogP contribution in [-0.4, -0.2) is 11.5 Å². The molecule has 0 aromatic heterocycles. The molecule has 0 saturated heterocycles. The highest BCUT2D eigenvalue weighted by molar-refractivity contribution is 7.99. The predicted molar refractivity (Wildman–Crippen MR) is 54.8 cm³/mol. The van der Waals surface area contributed by atoms with Gasteiger partial charge in [0.2, 0.25) is 0 Å². The fraction of sp³-hybridized carbons (Fsp3) is 0.800. The summed E-state index contributed by atoms with van der Waals surface area (Å²) in [5.41, 5.74) is 0. The second kappa shape index (κ2) is 6.61. The Labute approximate surface area is 75.1 Å². The van der Waals surface area contributed by atoms with Gasteiger partial charge in [-0.05, 0) is 12.7 Å². The van der Waals surface area contributed by atoms with Crippen LogP contribution in [0.25, 0.3) is 0 Å². The summed E-state index contributed by atoms with van der Waals surface area (Å²) in [5.74, 6) is 7.02. The van der Waals surface area contributed by atoms with E-state index in [1.807, 2.05) is 11.8 Å². The van der Waals surface area contributed by atoms with E-state index in [9.17, 15) is 0 Å². The summed E-state index contributed by atoms with van der Waals surface area (Å²) in [6.45, 7) is 6.57. The van der Waals surface area contributed by atoms with Crippen molar-refractivity contribution in [3.63, 3.8) is 0 Å². The summed E-state index contributed by atoms with van der Waals surface area (Å²) in [6, 6.07) is 0. The lowest BCUT2D eigenvalue weighted by Crippen LogP contribution is -1.92. The Morgan fingerprint density at radius 3 is 2.45 bits per heavy atom. The lowest BCUT2D eigenvalue weighted by molar-refractivity contribution is 0.722. The molecule has 0 N–H and O–H groups in total. The second-order valence-electron chi connectivity index (χ2n) is 2.88. The molecule has 0 aliphatic heterocycles. The minimum absolute atomic E-state index is 0.573. The van der Waals surface area contributed by atoms with Crippen LogP contribution in [0.3, 0.4) is 0 Å². The van der Waals surface area contributed by atoms with Crippen LogP contribution in [0.2, 0.25) is 0 Å². The lowest BCUT2D eigenvalue weighted by Gasteiger charge is -2.00. The summed E-state index contributed by atoms with van der Waals surface area (Å²) in [5, 5.41) is 0.687. The standard InChI is InChI=1S/C10H18S/c1-5-9(2)7-6-8-10(3)11-4/h9-10H,5,8H2,1-4H3. The smallest absolute Gasteiger partial charge is 0.0205 e. The van der Waals surface area contributed by atoms with Gasteiger partial charge in [-0.25, -0.2) is 0 Å². The Bertz CT molecular complexity index is 141. The summed E-state index contributed by atoms with van der Waals surface area (Å²) < 4.78 is 0. The number of rotatable bonds is 3. The van der Waals surface area contributed by atoms with E-state index >= 15 is 0 Å². The first-order chi connectivity index (χ1) is 5.20. The van der Waals surface area contributed by atoms with Gasteiger partial charge in [0.15, 0.2) is 0 Å². The molecule has 0 aliphatic carbocycles. The van der Waals surface area contributed by atoms with Gasteiger partial charge in [-0.15, -0.1) is 11.8 Å². The summed E-state index contributed by atoms with van der Waals surface area (Å²) >= 11 is 1.88. The van der Waals surface area contributed by atoms with Crippen LogP contribution in [0.1, 0.15) is 33.6 Å². The molecule has 0 rings (SSSR count). The van der Waals surface area contributed by atoms with Crippen LogP contribution >= 0.6 is 11.8 Å². The fourth-order valence-electron chi connectivity index (χ4n) is 0.562. The average molecular weight is 170 g/mol. The maximum absolute atomic E-state index is 3.23. The molecule has 2 unspecified atom stereocenters. The first-order valence-corrected chi connectivity index (χ1v) is 5.50. The van der Waals surface area contributed by atoms with Crippen LogP contribution in [0.5, 0.6) is 0 Å². The molecule has 11 heavy (non-hydrogen) atoms. The molecule has 0 bridgehead atoms. The highest BCUT2D eigenvalue weighted by Crippen LogP contribution is 2.08. The Hall–Kier alpha value is -0.0900. The number of thioether (sulfide) groups is 1. The topological polar surface area (TPSA) is 0 Å². The molecule has 0 aromatic rings. The van der Waals surface area contributed by atoms with Crippen LogP contribution in [0.4, 0.5) is 0 Å². The second-order valence-corrected chi connectivity index (χ2v) is 4.16. The predicted octanol–water partition coefficient (Wildman–Crippen LogP) is 3.18. The van der Waals surface area contributed by atoms with Gasteiger partial charge in [0.25, 0.3) is 0 Å². The third-order valence-corrected chi connectivity index (χ3v) is 2.72. The molecule has 64 valence electrons. The van der Waals surface area contributed by atoms with Crippen molar-refractivity contribution >= 4 is 11.8 Å². The molecule has 0 spiro atoms. The molecule has 0 aromatic carbocycles. The van der Waals surface area contributed by atoms with E-state index in [0.717, 1.165) is 6.42 Å². The molecule has 1 heteroatoms. The molecule has 0 aliphatic rings. The molecular formula is C10H18S. The van der Waals surface area contributed by atoms with Crippen LogP contribution in [-0.2, 0) is 0 Å². The van der Waals surface area contributed by atoms with Crippen molar-refractivity contribution in [1.82, 2.24) is 0 Å². The molecule has 0 saturated carbocycles. The van der Waals surface area contributed by atoms with Crippen molar-refractivity contribution in [3.8, 4) is 11.8 Å². The molecule has 0 fully saturated rings. The molecule has 0 radical (unpaired) electrons. The fourth-order valence-corrected chi connectivity index (χ4v) is 0.812. The van der Waals surface area contributed by atoms with E-state index in [1.165, 1.54) is 6.42 Å². The van der Waals surface area contributed by atoms with E-state index < -0.39 is 0 Å². The summed E-state index contributed by atoms with van der Waals surface area (Å²) in [6.07, 6.45) is 4.34. The summed E-state index contributed by atoms with van der Waals surface area (Å²) in [7, 11) is 0. The minimum Gasteiger partial charge on any atom is -0.161 e. The SMILES string of the molecule is CCC(C)C#CCC(C)SC. The Balaban J connectivity index is 3.54. The van der Waals surface area contributed by atoms with Crippen molar-refractivity contribution < 1.29 is 0 Å². The zero-order chi connectivity index (χ0) is 8.69. The van der Waals surface area contributed by atoms with Crippen molar-refractivity contribution in [1.29, 1.82) is 0 Å². The van der Waals surface area contributed by atoms with Crippen molar-refractivity contribution in [2.24, 2.45) is 5.92 Å². The zero-order valence-corrected chi connectivity index (χ0v) is 8.79. The maximum atomic E-state index is 3.23. The van der Waals surface area contributed by atoms with Crippen molar-refractivity contribution in [2.45, 2.75) is 38.9 Å². The van der Waals surface area contributed by atoms with Gasteiger partial charge in [-0.2, -0.15) is 11.8 Å².